The quantitative estimate of drug-likeness (QED) is 0.356. The Bertz CT molecular complexity index is 489. The number of hydrogen-bond acceptors (Lipinski definition) is 1. The van der Waals surface area contributed by atoms with Gasteiger partial charge in [0.1, 0.15) is 0 Å². The van der Waals surface area contributed by atoms with E-state index in [0.29, 0.717) is 4.83 Å². The highest BCUT2D eigenvalue weighted by molar-refractivity contribution is 9.09. The van der Waals surface area contributed by atoms with Gasteiger partial charge in [-0.1, -0.05) is 79.6 Å². The van der Waals surface area contributed by atoms with Gasteiger partial charge in [-0.2, -0.15) is 0 Å². The minimum atomic E-state index is 0.523. The predicted molar refractivity (Wildman–Crippen MR) is 91.5 cm³/mol. The molecule has 0 spiro atoms. The van der Waals surface area contributed by atoms with E-state index in [-0.39, 0.29) is 0 Å². The van der Waals surface area contributed by atoms with Crippen molar-refractivity contribution < 1.29 is 0 Å². The Morgan fingerprint density at radius 3 is 2.63 bits per heavy atom. The van der Waals surface area contributed by atoms with Crippen molar-refractivity contribution in [2.45, 2.75) is 56.7 Å². The van der Waals surface area contributed by atoms with Gasteiger partial charge in [-0.3, -0.25) is 0 Å². The monoisotopic (exact) mass is 338 g/mol. The molecular weight excluding hydrogens is 316 g/mol. The van der Waals surface area contributed by atoms with Gasteiger partial charge in [0.2, 0.25) is 0 Å². The first-order chi connectivity index (χ1) is 9.33. The van der Waals surface area contributed by atoms with E-state index in [1.807, 2.05) is 11.3 Å². The lowest BCUT2D eigenvalue weighted by Gasteiger charge is -2.09. The molecule has 0 aliphatic rings. The summed E-state index contributed by atoms with van der Waals surface area (Å²) in [5.41, 5.74) is 1.48. The van der Waals surface area contributed by atoms with Gasteiger partial charge in [0.15, 0.2) is 0 Å². The molecule has 0 N–H and O–H groups in total. The van der Waals surface area contributed by atoms with Crippen LogP contribution in [-0.4, -0.2) is 0 Å². The third kappa shape index (κ3) is 4.32. The molecule has 2 rings (SSSR count). The zero-order valence-corrected chi connectivity index (χ0v) is 14.1. The third-order valence-electron chi connectivity index (χ3n) is 3.66. The van der Waals surface area contributed by atoms with Crippen molar-refractivity contribution in [2.24, 2.45) is 0 Å². The Morgan fingerprint density at radius 1 is 1.05 bits per heavy atom. The number of fused-ring (bicyclic) bond motifs is 1. The van der Waals surface area contributed by atoms with Crippen molar-refractivity contribution in [2.75, 3.05) is 0 Å². The van der Waals surface area contributed by atoms with E-state index in [4.69, 9.17) is 0 Å². The van der Waals surface area contributed by atoms with Gasteiger partial charge < -0.3 is 0 Å². The van der Waals surface area contributed by atoms with E-state index in [1.165, 1.54) is 60.6 Å². The second-order valence-electron chi connectivity index (χ2n) is 5.21. The fourth-order valence-electron chi connectivity index (χ4n) is 2.50. The molecule has 104 valence electrons. The molecule has 1 heterocycles. The molecule has 0 nitrogen and oxygen atoms in total. The summed E-state index contributed by atoms with van der Waals surface area (Å²) in [7, 11) is 0. The maximum Gasteiger partial charge on any atom is 0.0409 e. The zero-order chi connectivity index (χ0) is 13.5. The summed E-state index contributed by atoms with van der Waals surface area (Å²) in [4.78, 5) is 0.523. The number of alkyl halides is 1. The van der Waals surface area contributed by atoms with E-state index in [9.17, 15) is 0 Å². The van der Waals surface area contributed by atoms with Crippen molar-refractivity contribution in [3.8, 4) is 0 Å². The third-order valence-corrected chi connectivity index (χ3v) is 5.59. The lowest BCUT2D eigenvalue weighted by molar-refractivity contribution is 0.589. The summed E-state index contributed by atoms with van der Waals surface area (Å²) in [6.07, 6.45) is 9.51. The first-order valence-corrected chi connectivity index (χ1v) is 9.22. The van der Waals surface area contributed by atoms with Crippen LogP contribution < -0.4 is 0 Å². The molecule has 0 bridgehead atoms. The molecule has 1 unspecified atom stereocenters. The lowest BCUT2D eigenvalue weighted by atomic mass is 10.0. The molecule has 1 aromatic heterocycles. The van der Waals surface area contributed by atoms with E-state index >= 15 is 0 Å². The lowest BCUT2D eigenvalue weighted by Crippen LogP contribution is -1.89. The topological polar surface area (TPSA) is 0 Å². The fraction of sp³-hybridized carbons (Fsp3) is 0.529. The minimum absolute atomic E-state index is 0.523. The van der Waals surface area contributed by atoms with E-state index in [0.717, 1.165) is 0 Å². The predicted octanol–water partition coefficient (Wildman–Crippen LogP) is 7.09. The van der Waals surface area contributed by atoms with E-state index in [1.54, 1.807) is 0 Å². The molecule has 0 saturated carbocycles. The second kappa shape index (κ2) is 8.06. The van der Waals surface area contributed by atoms with Gasteiger partial charge in [0, 0.05) is 9.53 Å². The van der Waals surface area contributed by atoms with Crippen LogP contribution in [0.4, 0.5) is 0 Å². The fourth-order valence-corrected chi connectivity index (χ4v) is 4.39. The Labute approximate surface area is 129 Å². The molecule has 0 radical (unpaired) electrons. The average molecular weight is 339 g/mol. The van der Waals surface area contributed by atoms with Crippen molar-refractivity contribution in [3.05, 3.63) is 35.2 Å². The van der Waals surface area contributed by atoms with Crippen LogP contribution in [0.3, 0.4) is 0 Å². The standard InChI is InChI=1S/C17H23BrS/c1-2-3-4-5-6-7-11-16(18)15-13-19-17-12-9-8-10-14(15)17/h8-10,12-13,16H,2-7,11H2,1H3. The molecule has 0 aliphatic carbocycles. The van der Waals surface area contributed by atoms with E-state index in [2.05, 4.69) is 52.5 Å². The molecule has 1 aromatic carbocycles. The smallest absolute Gasteiger partial charge is 0.0409 e. The van der Waals surface area contributed by atoms with Crippen LogP contribution in [0, 0.1) is 0 Å². The highest BCUT2D eigenvalue weighted by atomic mass is 79.9. The Balaban J connectivity index is 1.81. The summed E-state index contributed by atoms with van der Waals surface area (Å²) in [6, 6.07) is 8.73. The van der Waals surface area contributed by atoms with Crippen LogP contribution in [0.25, 0.3) is 10.1 Å². The summed E-state index contributed by atoms with van der Waals surface area (Å²) in [5.74, 6) is 0. The summed E-state index contributed by atoms with van der Waals surface area (Å²) < 4.78 is 1.41. The first-order valence-electron chi connectivity index (χ1n) is 7.43. The number of thiophene rings is 1. The molecule has 2 heteroatoms. The summed E-state index contributed by atoms with van der Waals surface area (Å²) in [5, 5.41) is 3.75. The van der Waals surface area contributed by atoms with Crippen molar-refractivity contribution >= 4 is 37.4 Å². The van der Waals surface area contributed by atoms with Gasteiger partial charge in [-0.05, 0) is 28.8 Å². The normalized spacial score (nSPS) is 12.9. The first kappa shape index (κ1) is 15.1. The summed E-state index contributed by atoms with van der Waals surface area (Å²) in [6.45, 7) is 2.27. The van der Waals surface area contributed by atoms with Gasteiger partial charge in [0.05, 0.1) is 0 Å². The Morgan fingerprint density at radius 2 is 1.79 bits per heavy atom. The maximum atomic E-state index is 3.88. The van der Waals surface area contributed by atoms with Crippen LogP contribution >= 0.6 is 27.3 Å². The van der Waals surface area contributed by atoms with Gasteiger partial charge in [-0.15, -0.1) is 11.3 Å². The zero-order valence-electron chi connectivity index (χ0n) is 11.7. The number of unbranched alkanes of at least 4 members (excludes halogenated alkanes) is 5. The molecular formula is C17H23BrS. The van der Waals surface area contributed by atoms with Crippen LogP contribution in [0.2, 0.25) is 0 Å². The highest BCUT2D eigenvalue weighted by Crippen LogP contribution is 2.37. The van der Waals surface area contributed by atoms with Gasteiger partial charge >= 0.3 is 0 Å². The van der Waals surface area contributed by atoms with Crippen molar-refractivity contribution in [1.29, 1.82) is 0 Å². The van der Waals surface area contributed by atoms with Crippen molar-refractivity contribution in [3.63, 3.8) is 0 Å². The SMILES string of the molecule is CCCCCCCCC(Br)c1csc2ccccc12. The molecule has 0 saturated heterocycles. The summed E-state index contributed by atoms with van der Waals surface area (Å²) >= 11 is 5.74. The molecule has 2 aromatic rings. The second-order valence-corrected chi connectivity index (χ2v) is 7.23. The van der Waals surface area contributed by atoms with Crippen molar-refractivity contribution in [1.82, 2.24) is 0 Å². The van der Waals surface area contributed by atoms with Crippen LogP contribution in [0.1, 0.15) is 62.3 Å². The van der Waals surface area contributed by atoms with Crippen LogP contribution in [-0.2, 0) is 0 Å². The van der Waals surface area contributed by atoms with Crippen LogP contribution in [0.5, 0.6) is 0 Å². The number of halogens is 1. The molecule has 0 fully saturated rings. The Hall–Kier alpha value is -0.340. The number of rotatable bonds is 8. The molecule has 19 heavy (non-hydrogen) atoms. The molecule has 0 aliphatic heterocycles. The van der Waals surface area contributed by atoms with Gasteiger partial charge in [0.25, 0.3) is 0 Å². The Kier molecular flexibility index (Phi) is 6.39. The average Bonchev–Trinajstić information content (AvgIpc) is 2.86. The number of hydrogen-bond donors (Lipinski definition) is 0. The minimum Gasteiger partial charge on any atom is -0.143 e. The van der Waals surface area contributed by atoms with Crippen LogP contribution in [0.15, 0.2) is 29.6 Å². The van der Waals surface area contributed by atoms with Gasteiger partial charge in [-0.25, -0.2) is 0 Å². The van der Waals surface area contributed by atoms with E-state index < -0.39 is 0 Å². The highest BCUT2D eigenvalue weighted by Gasteiger charge is 2.12. The maximum absolute atomic E-state index is 3.88. The molecule has 1 atom stereocenters. The molecule has 0 amide bonds. The largest absolute Gasteiger partial charge is 0.143 e. The number of benzene rings is 1.